The topological polar surface area (TPSA) is 110 Å². The summed E-state index contributed by atoms with van der Waals surface area (Å²) in [5.41, 5.74) is 0. The van der Waals surface area contributed by atoms with Gasteiger partial charge in [0.15, 0.2) is 5.82 Å². The number of aliphatic carboxylic acids is 1. The van der Waals surface area contributed by atoms with Gasteiger partial charge < -0.3 is 24.6 Å². The number of carbonyl (C=O) groups is 2. The second-order valence-corrected chi connectivity index (χ2v) is 4.00. The third kappa shape index (κ3) is 4.84. The van der Waals surface area contributed by atoms with Crippen LogP contribution in [0.15, 0.2) is 6.33 Å². The number of aryl methyl sites for hydroxylation is 1. The molecule has 0 aliphatic carbocycles. The zero-order chi connectivity index (χ0) is 15.0. The monoisotopic (exact) mass is 285 g/mol. The summed E-state index contributed by atoms with van der Waals surface area (Å²) < 4.78 is 6.64. The molecule has 112 valence electrons. The van der Waals surface area contributed by atoms with E-state index in [0.717, 1.165) is 0 Å². The molecule has 0 aromatic carbocycles. The van der Waals surface area contributed by atoms with E-state index >= 15 is 0 Å². The summed E-state index contributed by atoms with van der Waals surface area (Å²) in [6.45, 7) is 2.91. The van der Waals surface area contributed by atoms with E-state index in [1.807, 2.05) is 6.92 Å². The highest BCUT2D eigenvalue weighted by atomic mass is 16.5. The molecule has 0 bridgehead atoms. The molecule has 2 N–H and O–H groups in total. The molecule has 0 spiro atoms. The predicted octanol–water partition coefficient (Wildman–Crippen LogP) is -0.459. The molecule has 0 fully saturated rings. The summed E-state index contributed by atoms with van der Waals surface area (Å²) in [5.74, 6) is -0.462. The lowest BCUT2D eigenvalue weighted by atomic mass is 10.5. The van der Waals surface area contributed by atoms with Gasteiger partial charge in [-0.05, 0) is 6.92 Å². The van der Waals surface area contributed by atoms with Crippen molar-refractivity contribution in [2.24, 2.45) is 0 Å². The van der Waals surface area contributed by atoms with Crippen LogP contribution in [0.5, 0.6) is 0 Å². The summed E-state index contributed by atoms with van der Waals surface area (Å²) >= 11 is 0. The van der Waals surface area contributed by atoms with Crippen LogP contribution >= 0.6 is 0 Å². The Hall–Kier alpha value is -2.16. The Morgan fingerprint density at radius 3 is 2.90 bits per heavy atom. The first-order valence-corrected chi connectivity index (χ1v) is 6.18. The van der Waals surface area contributed by atoms with Crippen LogP contribution in [0, 0.1) is 0 Å². The summed E-state index contributed by atoms with van der Waals surface area (Å²) in [5, 5.41) is 19.0. The van der Waals surface area contributed by atoms with Gasteiger partial charge in [0.1, 0.15) is 12.9 Å². The lowest BCUT2D eigenvalue weighted by Crippen LogP contribution is -2.44. The highest BCUT2D eigenvalue weighted by Gasteiger charge is 2.16. The van der Waals surface area contributed by atoms with Crippen LogP contribution < -0.4 is 5.32 Å². The molecule has 0 saturated carbocycles. The first-order chi connectivity index (χ1) is 9.58. The number of carboxylic acids is 1. The van der Waals surface area contributed by atoms with Gasteiger partial charge in [-0.1, -0.05) is 0 Å². The molecule has 0 saturated heterocycles. The van der Waals surface area contributed by atoms with E-state index in [2.05, 4.69) is 15.5 Å². The van der Waals surface area contributed by atoms with Crippen LogP contribution in [-0.4, -0.2) is 63.6 Å². The lowest BCUT2D eigenvalue weighted by molar-refractivity contribution is -0.137. The Morgan fingerprint density at radius 2 is 2.30 bits per heavy atom. The smallest absolute Gasteiger partial charge is 0.323 e. The van der Waals surface area contributed by atoms with Crippen molar-refractivity contribution in [2.45, 2.75) is 20.0 Å². The number of ether oxygens (including phenoxy) is 1. The number of nitrogens with zero attached hydrogens (tertiary/aromatic N) is 4. The van der Waals surface area contributed by atoms with Crippen LogP contribution in [0.4, 0.5) is 4.79 Å². The fourth-order valence-corrected chi connectivity index (χ4v) is 1.56. The molecule has 0 aliphatic heterocycles. The molecule has 1 aromatic rings. The summed E-state index contributed by atoms with van der Waals surface area (Å²) in [6, 6.07) is -0.477. The molecule has 2 amide bonds. The molecule has 20 heavy (non-hydrogen) atoms. The number of carboxylic acid groups (broad SMARTS) is 1. The van der Waals surface area contributed by atoms with Crippen LogP contribution in [0.25, 0.3) is 0 Å². The van der Waals surface area contributed by atoms with Gasteiger partial charge in [0.05, 0.1) is 13.2 Å². The van der Waals surface area contributed by atoms with Crippen LogP contribution in [-0.2, 0) is 22.6 Å². The first kappa shape index (κ1) is 15.9. The van der Waals surface area contributed by atoms with Crippen LogP contribution in [0.3, 0.4) is 0 Å². The molecule has 1 heterocycles. The van der Waals surface area contributed by atoms with E-state index in [4.69, 9.17) is 9.84 Å². The second kappa shape index (κ2) is 8.10. The molecular formula is C11H19N5O4. The molecule has 0 unspecified atom stereocenters. The number of carbonyl (C=O) groups excluding carboxylic acids is 1. The lowest BCUT2D eigenvalue weighted by Gasteiger charge is -2.20. The van der Waals surface area contributed by atoms with Gasteiger partial charge in [-0.25, -0.2) is 4.79 Å². The minimum absolute atomic E-state index is 0.190. The summed E-state index contributed by atoms with van der Waals surface area (Å²) in [4.78, 5) is 23.8. The number of urea groups is 1. The third-order valence-electron chi connectivity index (χ3n) is 2.61. The summed E-state index contributed by atoms with van der Waals surface area (Å²) in [7, 11) is 1.49. The third-order valence-corrected chi connectivity index (χ3v) is 2.61. The normalized spacial score (nSPS) is 10.3. The van der Waals surface area contributed by atoms with Crippen molar-refractivity contribution < 1.29 is 19.4 Å². The fourth-order valence-electron chi connectivity index (χ4n) is 1.56. The van der Waals surface area contributed by atoms with E-state index in [1.54, 1.807) is 10.9 Å². The highest BCUT2D eigenvalue weighted by Crippen LogP contribution is 1.96. The average molecular weight is 285 g/mol. The minimum atomic E-state index is -1.08. The Bertz CT molecular complexity index is 448. The maximum absolute atomic E-state index is 11.9. The maximum Gasteiger partial charge on any atom is 0.323 e. The Balaban J connectivity index is 2.54. The van der Waals surface area contributed by atoms with Gasteiger partial charge in [0.25, 0.3) is 0 Å². The van der Waals surface area contributed by atoms with Crippen molar-refractivity contribution in [1.29, 1.82) is 0 Å². The standard InChI is InChI=1S/C11H19N5O4/c1-3-15-8-13-14-9(15)6-12-11(19)16(4-5-20-2)7-10(17)18/h8H,3-7H2,1-2H3,(H,12,19)(H,17,18). The number of rotatable bonds is 8. The molecule has 0 radical (unpaired) electrons. The van der Waals surface area contributed by atoms with Gasteiger partial charge >= 0.3 is 12.0 Å². The molecular weight excluding hydrogens is 266 g/mol. The molecule has 0 aliphatic rings. The van der Waals surface area contributed by atoms with Gasteiger partial charge in [0, 0.05) is 20.2 Å². The van der Waals surface area contributed by atoms with Crippen molar-refractivity contribution in [1.82, 2.24) is 25.0 Å². The fraction of sp³-hybridized carbons (Fsp3) is 0.636. The SMILES string of the molecule is CCn1cnnc1CNC(=O)N(CCOC)CC(=O)O. The van der Waals surface area contributed by atoms with E-state index in [9.17, 15) is 9.59 Å². The predicted molar refractivity (Wildman–Crippen MR) is 69.0 cm³/mol. The highest BCUT2D eigenvalue weighted by molar-refractivity contribution is 5.80. The average Bonchev–Trinajstić information content (AvgIpc) is 2.87. The number of amides is 2. The molecule has 9 heteroatoms. The van der Waals surface area contributed by atoms with E-state index in [-0.39, 0.29) is 26.2 Å². The van der Waals surface area contributed by atoms with E-state index < -0.39 is 12.0 Å². The van der Waals surface area contributed by atoms with E-state index in [0.29, 0.717) is 12.4 Å². The number of nitrogens with one attached hydrogen (secondary N) is 1. The van der Waals surface area contributed by atoms with Gasteiger partial charge in [-0.15, -0.1) is 10.2 Å². The van der Waals surface area contributed by atoms with Crippen LogP contribution in [0.2, 0.25) is 0 Å². The van der Waals surface area contributed by atoms with Crippen molar-refractivity contribution in [3.05, 3.63) is 12.2 Å². The van der Waals surface area contributed by atoms with Crippen molar-refractivity contribution in [3.63, 3.8) is 0 Å². The van der Waals surface area contributed by atoms with Crippen molar-refractivity contribution in [3.8, 4) is 0 Å². The first-order valence-electron chi connectivity index (χ1n) is 6.18. The number of methoxy groups -OCH3 is 1. The minimum Gasteiger partial charge on any atom is -0.480 e. The second-order valence-electron chi connectivity index (χ2n) is 4.00. The van der Waals surface area contributed by atoms with E-state index in [1.165, 1.54) is 12.0 Å². The molecule has 1 rings (SSSR count). The zero-order valence-electron chi connectivity index (χ0n) is 11.6. The largest absolute Gasteiger partial charge is 0.480 e. The Morgan fingerprint density at radius 1 is 1.55 bits per heavy atom. The maximum atomic E-state index is 11.9. The molecule has 1 aromatic heterocycles. The molecule has 9 nitrogen and oxygen atoms in total. The summed E-state index contributed by atoms with van der Waals surface area (Å²) in [6.07, 6.45) is 1.57. The van der Waals surface area contributed by atoms with Crippen LogP contribution in [0.1, 0.15) is 12.7 Å². The van der Waals surface area contributed by atoms with Crippen molar-refractivity contribution in [2.75, 3.05) is 26.8 Å². The van der Waals surface area contributed by atoms with Gasteiger partial charge in [-0.3, -0.25) is 4.79 Å². The number of hydrogen-bond donors (Lipinski definition) is 2. The Labute approximate surface area is 116 Å². The van der Waals surface area contributed by atoms with Crippen molar-refractivity contribution >= 4 is 12.0 Å². The number of aromatic nitrogens is 3. The zero-order valence-corrected chi connectivity index (χ0v) is 11.6. The van der Waals surface area contributed by atoms with Gasteiger partial charge in [-0.2, -0.15) is 0 Å². The Kier molecular flexibility index (Phi) is 6.44. The van der Waals surface area contributed by atoms with Gasteiger partial charge in [0.2, 0.25) is 0 Å². The molecule has 0 atom stereocenters. The number of hydrogen-bond acceptors (Lipinski definition) is 5. The quantitative estimate of drug-likeness (QED) is 0.669.